The molecule has 0 atom stereocenters. The second-order valence-electron chi connectivity index (χ2n) is 6.14. The van der Waals surface area contributed by atoms with Crippen molar-refractivity contribution in [2.24, 2.45) is 0 Å². The zero-order valence-corrected chi connectivity index (χ0v) is 15.0. The zero-order chi connectivity index (χ0) is 19.2. The Kier molecular flexibility index (Phi) is 5.66. The molecule has 2 amide bonds. The molecule has 0 bridgehead atoms. The summed E-state index contributed by atoms with van der Waals surface area (Å²) in [7, 11) is 1.33. The van der Waals surface area contributed by atoms with Crippen LogP contribution in [0.5, 0.6) is 0 Å². The van der Waals surface area contributed by atoms with Crippen LogP contribution in [-0.2, 0) is 14.3 Å². The van der Waals surface area contributed by atoms with Gasteiger partial charge in [-0.2, -0.15) is 0 Å². The van der Waals surface area contributed by atoms with Crippen molar-refractivity contribution in [1.29, 1.82) is 0 Å². The fraction of sp³-hybridized carbons (Fsp3) is 0.190. The predicted molar refractivity (Wildman–Crippen MR) is 103 cm³/mol. The highest BCUT2D eigenvalue weighted by Gasteiger charge is 2.21. The molecule has 0 radical (unpaired) electrons. The summed E-state index contributed by atoms with van der Waals surface area (Å²) in [5, 5.41) is 2.79. The summed E-state index contributed by atoms with van der Waals surface area (Å²) in [5.74, 6) is -0.578. The maximum Gasteiger partial charge on any atom is 0.337 e. The second-order valence-corrected chi connectivity index (χ2v) is 6.14. The minimum absolute atomic E-state index is 0.105. The monoisotopic (exact) mass is 364 g/mol. The quantitative estimate of drug-likeness (QED) is 0.653. The molecule has 3 rings (SSSR count). The third-order valence-corrected chi connectivity index (χ3v) is 4.26. The molecule has 138 valence electrons. The molecule has 1 heterocycles. The number of methoxy groups -OCH3 is 1. The van der Waals surface area contributed by atoms with Crippen LogP contribution in [0, 0.1) is 0 Å². The lowest BCUT2D eigenvalue weighted by Crippen LogP contribution is -2.23. The van der Waals surface area contributed by atoms with Crippen molar-refractivity contribution in [3.8, 4) is 0 Å². The molecule has 0 aromatic heterocycles. The minimum atomic E-state index is -0.403. The number of rotatable bonds is 5. The van der Waals surface area contributed by atoms with Crippen molar-refractivity contribution in [2.75, 3.05) is 23.9 Å². The maximum atomic E-state index is 12.2. The Labute approximate surface area is 157 Å². The fourth-order valence-electron chi connectivity index (χ4n) is 2.88. The largest absolute Gasteiger partial charge is 0.465 e. The number of anilines is 2. The van der Waals surface area contributed by atoms with E-state index in [9.17, 15) is 14.4 Å². The van der Waals surface area contributed by atoms with E-state index < -0.39 is 5.97 Å². The van der Waals surface area contributed by atoms with Crippen LogP contribution >= 0.6 is 0 Å². The number of amides is 2. The normalized spacial score (nSPS) is 13.8. The van der Waals surface area contributed by atoms with Gasteiger partial charge in [0.2, 0.25) is 11.8 Å². The summed E-state index contributed by atoms with van der Waals surface area (Å²) in [4.78, 5) is 37.1. The van der Waals surface area contributed by atoms with E-state index in [2.05, 4.69) is 10.1 Å². The summed E-state index contributed by atoms with van der Waals surface area (Å²) in [6.07, 6.45) is 4.49. The van der Waals surface area contributed by atoms with Crippen LogP contribution in [0.1, 0.15) is 28.8 Å². The van der Waals surface area contributed by atoms with Crippen LogP contribution in [0.25, 0.3) is 6.08 Å². The van der Waals surface area contributed by atoms with Gasteiger partial charge in [0.05, 0.1) is 12.7 Å². The smallest absolute Gasteiger partial charge is 0.337 e. The third kappa shape index (κ3) is 4.61. The number of nitrogens with zero attached hydrogens (tertiary/aromatic N) is 1. The van der Waals surface area contributed by atoms with Gasteiger partial charge in [0, 0.05) is 30.4 Å². The van der Waals surface area contributed by atoms with E-state index in [1.807, 2.05) is 12.1 Å². The van der Waals surface area contributed by atoms with E-state index in [4.69, 9.17) is 0 Å². The number of carbonyl (C=O) groups is 3. The van der Waals surface area contributed by atoms with E-state index in [0.717, 1.165) is 17.7 Å². The van der Waals surface area contributed by atoms with Gasteiger partial charge in [-0.05, 0) is 48.4 Å². The van der Waals surface area contributed by atoms with Crippen molar-refractivity contribution in [1.82, 2.24) is 0 Å². The Hall–Kier alpha value is -3.41. The molecule has 6 nitrogen and oxygen atoms in total. The molecule has 1 fully saturated rings. The van der Waals surface area contributed by atoms with Crippen LogP contribution in [0.4, 0.5) is 11.4 Å². The van der Waals surface area contributed by atoms with E-state index >= 15 is 0 Å². The molecule has 1 N–H and O–H groups in total. The zero-order valence-electron chi connectivity index (χ0n) is 15.0. The molecule has 1 aliphatic rings. The minimum Gasteiger partial charge on any atom is -0.465 e. The topological polar surface area (TPSA) is 75.7 Å². The van der Waals surface area contributed by atoms with Gasteiger partial charge in [-0.15, -0.1) is 0 Å². The van der Waals surface area contributed by atoms with Crippen LogP contribution in [-0.4, -0.2) is 31.4 Å². The standard InChI is InChI=1S/C21H20N2O4/c1-27-21(26)16-10-7-15(8-11-16)9-12-19(24)22-17-4-2-5-18(14-17)23-13-3-6-20(23)25/h2,4-5,7-12,14H,3,6,13H2,1H3,(H,22,24)/b12-9+. The van der Waals surface area contributed by atoms with Gasteiger partial charge in [0.15, 0.2) is 0 Å². The lowest BCUT2D eigenvalue weighted by Gasteiger charge is -2.16. The highest BCUT2D eigenvalue weighted by atomic mass is 16.5. The Morgan fingerprint density at radius 1 is 1.15 bits per heavy atom. The fourth-order valence-corrected chi connectivity index (χ4v) is 2.88. The number of benzene rings is 2. The average Bonchev–Trinajstić information content (AvgIpc) is 3.12. The van der Waals surface area contributed by atoms with Crippen LogP contribution in [0.15, 0.2) is 54.6 Å². The highest BCUT2D eigenvalue weighted by Crippen LogP contribution is 2.24. The van der Waals surface area contributed by atoms with Crippen molar-refractivity contribution < 1.29 is 19.1 Å². The molecule has 6 heteroatoms. The molecular weight excluding hydrogens is 344 g/mol. The predicted octanol–water partition coefficient (Wildman–Crippen LogP) is 3.25. The summed E-state index contributed by atoms with van der Waals surface area (Å²) < 4.78 is 4.65. The van der Waals surface area contributed by atoms with Gasteiger partial charge in [-0.25, -0.2) is 4.79 Å². The molecular formula is C21H20N2O4. The Morgan fingerprint density at radius 3 is 2.59 bits per heavy atom. The van der Waals surface area contributed by atoms with Crippen molar-refractivity contribution >= 4 is 35.2 Å². The van der Waals surface area contributed by atoms with Gasteiger partial charge >= 0.3 is 5.97 Å². The van der Waals surface area contributed by atoms with E-state index in [0.29, 0.717) is 24.2 Å². The molecule has 1 saturated heterocycles. The van der Waals surface area contributed by atoms with Gasteiger partial charge in [0.1, 0.15) is 0 Å². The maximum absolute atomic E-state index is 12.2. The first kappa shape index (κ1) is 18.4. The Balaban J connectivity index is 1.63. The second kappa shape index (κ2) is 8.31. The van der Waals surface area contributed by atoms with Gasteiger partial charge in [-0.1, -0.05) is 18.2 Å². The van der Waals surface area contributed by atoms with Crippen LogP contribution in [0.2, 0.25) is 0 Å². The van der Waals surface area contributed by atoms with Crippen molar-refractivity contribution in [3.05, 3.63) is 65.7 Å². The summed E-state index contributed by atoms with van der Waals surface area (Å²) in [6.45, 7) is 0.706. The van der Waals surface area contributed by atoms with Crippen LogP contribution < -0.4 is 10.2 Å². The Morgan fingerprint density at radius 2 is 1.93 bits per heavy atom. The first-order valence-corrected chi connectivity index (χ1v) is 8.65. The Bertz CT molecular complexity index is 887. The molecule has 0 aliphatic carbocycles. The first-order chi connectivity index (χ1) is 13.1. The molecule has 2 aromatic carbocycles. The molecule has 0 unspecified atom stereocenters. The number of esters is 1. The summed E-state index contributed by atoms with van der Waals surface area (Å²) in [5.41, 5.74) is 2.65. The number of ether oxygens (including phenoxy) is 1. The number of nitrogens with one attached hydrogen (secondary N) is 1. The van der Waals surface area contributed by atoms with E-state index in [1.54, 1.807) is 47.4 Å². The van der Waals surface area contributed by atoms with Gasteiger partial charge < -0.3 is 15.0 Å². The lowest BCUT2D eigenvalue weighted by molar-refractivity contribution is -0.117. The SMILES string of the molecule is COC(=O)c1ccc(/C=C/C(=O)Nc2cccc(N3CCCC3=O)c2)cc1. The lowest BCUT2D eigenvalue weighted by atomic mass is 10.1. The molecule has 27 heavy (non-hydrogen) atoms. The molecule has 0 spiro atoms. The van der Waals surface area contributed by atoms with E-state index in [-0.39, 0.29) is 11.8 Å². The molecule has 0 saturated carbocycles. The number of hydrogen-bond donors (Lipinski definition) is 1. The summed E-state index contributed by atoms with van der Waals surface area (Å²) >= 11 is 0. The van der Waals surface area contributed by atoms with Gasteiger partial charge in [0.25, 0.3) is 0 Å². The highest BCUT2D eigenvalue weighted by molar-refractivity contribution is 6.03. The third-order valence-electron chi connectivity index (χ3n) is 4.26. The summed E-state index contributed by atoms with van der Waals surface area (Å²) in [6, 6.07) is 14.0. The average molecular weight is 364 g/mol. The number of hydrogen-bond acceptors (Lipinski definition) is 4. The number of carbonyl (C=O) groups excluding carboxylic acids is 3. The first-order valence-electron chi connectivity index (χ1n) is 8.65. The van der Waals surface area contributed by atoms with Gasteiger partial charge in [-0.3, -0.25) is 9.59 Å². The molecule has 2 aromatic rings. The van der Waals surface area contributed by atoms with Crippen molar-refractivity contribution in [3.63, 3.8) is 0 Å². The van der Waals surface area contributed by atoms with E-state index in [1.165, 1.54) is 13.2 Å². The van der Waals surface area contributed by atoms with Crippen molar-refractivity contribution in [2.45, 2.75) is 12.8 Å². The molecule has 1 aliphatic heterocycles. The van der Waals surface area contributed by atoms with Crippen LogP contribution in [0.3, 0.4) is 0 Å².